The zero-order valence-corrected chi connectivity index (χ0v) is 19.0. The number of carbonyl (C=O) groups is 2. The van der Waals surface area contributed by atoms with Gasteiger partial charge in [-0.2, -0.15) is 0 Å². The largest absolute Gasteiger partial charge is 0.489 e. The van der Waals surface area contributed by atoms with Crippen molar-refractivity contribution in [1.82, 2.24) is 14.6 Å². The summed E-state index contributed by atoms with van der Waals surface area (Å²) in [7, 11) is -3.96. The molecule has 8 nitrogen and oxygen atoms in total. The maximum Gasteiger partial charge on any atom is 0.269 e. The maximum atomic E-state index is 12.7. The molecule has 1 aliphatic heterocycles. The fourth-order valence-corrected chi connectivity index (χ4v) is 5.33. The van der Waals surface area contributed by atoms with Gasteiger partial charge in [-0.3, -0.25) is 14.6 Å². The van der Waals surface area contributed by atoms with Gasteiger partial charge in [-0.1, -0.05) is 18.2 Å². The molecule has 0 bridgehead atoms. The molecule has 170 valence electrons. The van der Waals surface area contributed by atoms with Crippen molar-refractivity contribution in [3.05, 3.63) is 89.2 Å². The number of nitrogens with zero attached hydrogens (tertiary/aromatic N) is 2. The van der Waals surface area contributed by atoms with E-state index in [4.69, 9.17) is 4.74 Å². The molecule has 0 saturated carbocycles. The molecule has 9 heteroatoms. The molecular formula is C24H23N3O5S. The third kappa shape index (κ3) is 4.58. The molecule has 0 spiro atoms. The first-order valence-electron chi connectivity index (χ1n) is 10.4. The van der Waals surface area contributed by atoms with E-state index in [2.05, 4.69) is 10.3 Å². The molecule has 0 aliphatic carbocycles. The first-order chi connectivity index (χ1) is 15.8. The number of carbonyl (C=O) groups excluding carboxylic acids is 2. The molecule has 2 heterocycles. The first kappa shape index (κ1) is 22.5. The highest BCUT2D eigenvalue weighted by Crippen LogP contribution is 2.32. The van der Waals surface area contributed by atoms with Crippen LogP contribution in [0.3, 0.4) is 0 Å². The molecule has 0 unspecified atom stereocenters. The molecule has 0 fully saturated rings. The summed E-state index contributed by atoms with van der Waals surface area (Å²) in [5.41, 5.74) is 2.07. The molecule has 1 N–H and O–H groups in total. The second kappa shape index (κ2) is 9.03. The maximum absolute atomic E-state index is 12.7. The number of rotatable bonds is 7. The number of hydrogen-bond donors (Lipinski definition) is 1. The van der Waals surface area contributed by atoms with Gasteiger partial charge in [0.1, 0.15) is 17.3 Å². The lowest BCUT2D eigenvalue weighted by Gasteiger charge is -2.18. The van der Waals surface area contributed by atoms with Crippen molar-refractivity contribution in [2.75, 3.05) is 0 Å². The summed E-state index contributed by atoms with van der Waals surface area (Å²) in [6.45, 7) is 3.92. The summed E-state index contributed by atoms with van der Waals surface area (Å²) in [6.07, 6.45) is 3.44. The molecule has 0 atom stereocenters. The minimum absolute atomic E-state index is 0.0853. The van der Waals surface area contributed by atoms with Crippen LogP contribution in [0.2, 0.25) is 0 Å². The highest BCUT2D eigenvalue weighted by Gasteiger charge is 2.42. The van der Waals surface area contributed by atoms with Gasteiger partial charge in [0.25, 0.3) is 21.8 Å². The van der Waals surface area contributed by atoms with E-state index < -0.39 is 27.9 Å². The number of nitrogens with one attached hydrogen (secondary N) is 1. The Morgan fingerprint density at radius 3 is 2.52 bits per heavy atom. The highest BCUT2D eigenvalue weighted by molar-refractivity contribution is 7.90. The van der Waals surface area contributed by atoms with Crippen LogP contribution < -0.4 is 10.1 Å². The third-order valence-electron chi connectivity index (χ3n) is 5.18. The second-order valence-electron chi connectivity index (χ2n) is 7.89. The number of benzene rings is 2. The SMILES string of the molecule is CC(C)N1C(=O)c2ccc(C(=O)NCc3ccc(OCc4cccnc4)cc3)cc2S1(=O)=O. The first-order valence-corrected chi connectivity index (χ1v) is 11.8. The molecule has 1 aromatic heterocycles. The number of aromatic nitrogens is 1. The molecule has 0 saturated heterocycles. The Balaban J connectivity index is 1.39. The van der Waals surface area contributed by atoms with Crippen molar-refractivity contribution < 1.29 is 22.7 Å². The van der Waals surface area contributed by atoms with Crippen molar-refractivity contribution >= 4 is 21.8 Å². The van der Waals surface area contributed by atoms with Crippen molar-refractivity contribution in [3.63, 3.8) is 0 Å². The fraction of sp³-hybridized carbons (Fsp3) is 0.208. The number of sulfonamides is 1. The Bertz CT molecular complexity index is 1290. The number of fused-ring (bicyclic) bond motifs is 1. The fourth-order valence-electron chi connectivity index (χ4n) is 3.54. The summed E-state index contributed by atoms with van der Waals surface area (Å²) >= 11 is 0. The Labute approximate surface area is 192 Å². The summed E-state index contributed by atoms with van der Waals surface area (Å²) in [5, 5.41) is 2.77. The van der Waals surface area contributed by atoms with E-state index in [0.29, 0.717) is 12.4 Å². The molecule has 0 radical (unpaired) electrons. The van der Waals surface area contributed by atoms with Crippen LogP contribution in [0, 0.1) is 0 Å². The van der Waals surface area contributed by atoms with Gasteiger partial charge in [0, 0.05) is 36.1 Å². The lowest BCUT2D eigenvalue weighted by atomic mass is 10.1. The molecule has 2 aromatic carbocycles. The van der Waals surface area contributed by atoms with Gasteiger partial charge in [-0.05, 0) is 55.8 Å². The van der Waals surface area contributed by atoms with Crippen LogP contribution in [0.1, 0.15) is 45.7 Å². The van der Waals surface area contributed by atoms with Crippen LogP contribution in [0.15, 0.2) is 71.9 Å². The van der Waals surface area contributed by atoms with Crippen LogP contribution in [-0.2, 0) is 23.2 Å². The van der Waals surface area contributed by atoms with Gasteiger partial charge in [0.05, 0.1) is 5.56 Å². The van der Waals surface area contributed by atoms with E-state index in [1.54, 1.807) is 26.2 Å². The topological polar surface area (TPSA) is 106 Å². The van der Waals surface area contributed by atoms with Crippen LogP contribution in [0.5, 0.6) is 5.75 Å². The number of amides is 2. The monoisotopic (exact) mass is 465 g/mol. The van der Waals surface area contributed by atoms with Gasteiger partial charge in [-0.25, -0.2) is 12.7 Å². The van der Waals surface area contributed by atoms with E-state index in [0.717, 1.165) is 15.4 Å². The van der Waals surface area contributed by atoms with Crippen LogP contribution >= 0.6 is 0 Å². The zero-order valence-electron chi connectivity index (χ0n) is 18.2. The standard InChI is InChI=1S/C24H23N3O5S/c1-16(2)27-24(29)21-10-7-19(12-22(21)33(27,30)31)23(28)26-14-17-5-8-20(9-6-17)32-15-18-4-3-11-25-13-18/h3-13,16H,14-15H2,1-2H3,(H,26,28). The smallest absolute Gasteiger partial charge is 0.269 e. The Morgan fingerprint density at radius 2 is 1.85 bits per heavy atom. The average molecular weight is 466 g/mol. The predicted molar refractivity (Wildman–Crippen MR) is 121 cm³/mol. The highest BCUT2D eigenvalue weighted by atomic mass is 32.2. The van der Waals surface area contributed by atoms with E-state index in [1.165, 1.54) is 18.2 Å². The van der Waals surface area contributed by atoms with Crippen molar-refractivity contribution in [2.45, 2.75) is 37.9 Å². The number of ether oxygens (including phenoxy) is 1. The summed E-state index contributed by atoms with van der Waals surface area (Å²) in [4.78, 5) is 29.0. The Hall–Kier alpha value is -3.72. The van der Waals surface area contributed by atoms with Gasteiger partial charge in [0.2, 0.25) is 0 Å². The van der Waals surface area contributed by atoms with Gasteiger partial charge >= 0.3 is 0 Å². The summed E-state index contributed by atoms with van der Waals surface area (Å²) < 4.78 is 32.0. The van der Waals surface area contributed by atoms with Crippen molar-refractivity contribution in [2.24, 2.45) is 0 Å². The Kier molecular flexibility index (Phi) is 6.15. The molecule has 2 amide bonds. The van der Waals surface area contributed by atoms with E-state index in [9.17, 15) is 18.0 Å². The summed E-state index contributed by atoms with van der Waals surface area (Å²) in [5.74, 6) is -0.310. The average Bonchev–Trinajstić information content (AvgIpc) is 3.02. The molecule has 33 heavy (non-hydrogen) atoms. The van der Waals surface area contributed by atoms with Crippen LogP contribution in [0.4, 0.5) is 0 Å². The summed E-state index contributed by atoms with van der Waals surface area (Å²) in [6, 6.07) is 14.7. The quantitative estimate of drug-likeness (QED) is 0.575. The van der Waals surface area contributed by atoms with Gasteiger partial charge in [0.15, 0.2) is 0 Å². The predicted octanol–water partition coefficient (Wildman–Crippen LogP) is 3.14. The number of hydrogen-bond acceptors (Lipinski definition) is 6. The molecule has 1 aliphatic rings. The van der Waals surface area contributed by atoms with Crippen molar-refractivity contribution in [3.8, 4) is 5.75 Å². The number of pyridine rings is 1. The zero-order chi connectivity index (χ0) is 23.6. The van der Waals surface area contributed by atoms with E-state index >= 15 is 0 Å². The van der Waals surface area contributed by atoms with Gasteiger partial charge < -0.3 is 10.1 Å². The van der Waals surface area contributed by atoms with Gasteiger partial charge in [-0.15, -0.1) is 0 Å². The minimum Gasteiger partial charge on any atom is -0.489 e. The Morgan fingerprint density at radius 1 is 1.09 bits per heavy atom. The lowest BCUT2D eigenvalue weighted by Crippen LogP contribution is -2.36. The lowest BCUT2D eigenvalue weighted by molar-refractivity contribution is 0.0845. The molecule has 3 aromatic rings. The van der Waals surface area contributed by atoms with Crippen molar-refractivity contribution in [1.29, 1.82) is 0 Å². The molecular weight excluding hydrogens is 442 g/mol. The third-order valence-corrected chi connectivity index (χ3v) is 7.18. The van der Waals surface area contributed by atoms with E-state index in [-0.39, 0.29) is 22.6 Å². The minimum atomic E-state index is -3.96. The normalized spacial score (nSPS) is 14.3. The van der Waals surface area contributed by atoms with Crippen LogP contribution in [0.25, 0.3) is 0 Å². The van der Waals surface area contributed by atoms with Crippen LogP contribution in [-0.4, -0.2) is 35.6 Å². The van der Waals surface area contributed by atoms with E-state index in [1.807, 2.05) is 36.4 Å². The second-order valence-corrected chi connectivity index (χ2v) is 9.67. The molecule has 4 rings (SSSR count).